The standard InChI is InChI=1S/C20H20N2O2/c1-24-17-10-7-15-11-19(21-18(15)12-17)20(23)22(16-8-9-16)13-14-5-3-2-4-6-14/h2-7,10-12,16,21H,8-9,13H2,1H3. The summed E-state index contributed by atoms with van der Waals surface area (Å²) in [5.74, 6) is 0.850. The van der Waals surface area contributed by atoms with Gasteiger partial charge in [0.05, 0.1) is 7.11 Å². The minimum atomic E-state index is 0.0662. The van der Waals surface area contributed by atoms with Crippen LogP contribution in [0.15, 0.2) is 54.6 Å². The van der Waals surface area contributed by atoms with E-state index < -0.39 is 0 Å². The van der Waals surface area contributed by atoms with Gasteiger partial charge in [-0.3, -0.25) is 4.79 Å². The molecule has 1 fully saturated rings. The first-order valence-electron chi connectivity index (χ1n) is 8.26. The third kappa shape index (κ3) is 2.87. The molecule has 0 atom stereocenters. The zero-order valence-electron chi connectivity index (χ0n) is 13.7. The van der Waals surface area contributed by atoms with Crippen molar-refractivity contribution in [3.63, 3.8) is 0 Å². The minimum absolute atomic E-state index is 0.0662. The smallest absolute Gasteiger partial charge is 0.270 e. The highest BCUT2D eigenvalue weighted by molar-refractivity contribution is 5.98. The van der Waals surface area contributed by atoms with Crippen molar-refractivity contribution in [3.05, 3.63) is 65.9 Å². The Morgan fingerprint density at radius 2 is 1.96 bits per heavy atom. The van der Waals surface area contributed by atoms with Crippen LogP contribution in [0, 0.1) is 0 Å². The number of aromatic amines is 1. The Morgan fingerprint density at radius 1 is 1.17 bits per heavy atom. The Labute approximate surface area is 141 Å². The summed E-state index contributed by atoms with van der Waals surface area (Å²) >= 11 is 0. The van der Waals surface area contributed by atoms with Gasteiger partial charge in [0.2, 0.25) is 0 Å². The van der Waals surface area contributed by atoms with E-state index in [1.165, 1.54) is 0 Å². The molecule has 0 aliphatic heterocycles. The van der Waals surface area contributed by atoms with Crippen LogP contribution in [0.3, 0.4) is 0 Å². The van der Waals surface area contributed by atoms with Crippen molar-refractivity contribution >= 4 is 16.8 Å². The fraction of sp³-hybridized carbons (Fsp3) is 0.250. The van der Waals surface area contributed by atoms with E-state index >= 15 is 0 Å². The highest BCUT2D eigenvalue weighted by Gasteiger charge is 2.33. The van der Waals surface area contributed by atoms with Crippen LogP contribution in [0.4, 0.5) is 0 Å². The molecule has 0 spiro atoms. The van der Waals surface area contributed by atoms with E-state index in [9.17, 15) is 4.79 Å². The summed E-state index contributed by atoms with van der Waals surface area (Å²) in [5.41, 5.74) is 2.73. The van der Waals surface area contributed by atoms with E-state index in [1.54, 1.807) is 7.11 Å². The predicted octanol–water partition coefficient (Wildman–Crippen LogP) is 3.98. The lowest BCUT2D eigenvalue weighted by molar-refractivity contribution is 0.0725. The van der Waals surface area contributed by atoms with Crippen LogP contribution < -0.4 is 4.74 Å². The molecule has 0 unspecified atom stereocenters. The monoisotopic (exact) mass is 320 g/mol. The Kier molecular flexibility index (Phi) is 3.73. The summed E-state index contributed by atoms with van der Waals surface area (Å²) in [6, 6.07) is 18.3. The molecule has 1 amide bonds. The van der Waals surface area contributed by atoms with Gasteiger partial charge < -0.3 is 14.6 Å². The average molecular weight is 320 g/mol. The number of rotatable bonds is 5. The lowest BCUT2D eigenvalue weighted by Crippen LogP contribution is -2.32. The van der Waals surface area contributed by atoms with Gasteiger partial charge in [-0.15, -0.1) is 0 Å². The third-order valence-corrected chi connectivity index (χ3v) is 4.50. The number of nitrogens with zero attached hydrogens (tertiary/aromatic N) is 1. The topological polar surface area (TPSA) is 45.3 Å². The van der Waals surface area contributed by atoms with Gasteiger partial charge in [-0.25, -0.2) is 0 Å². The van der Waals surface area contributed by atoms with Gasteiger partial charge in [0.1, 0.15) is 11.4 Å². The molecule has 0 bridgehead atoms. The summed E-state index contributed by atoms with van der Waals surface area (Å²) in [6.07, 6.45) is 2.18. The zero-order valence-corrected chi connectivity index (χ0v) is 13.7. The molecule has 1 saturated carbocycles. The maximum atomic E-state index is 13.0. The molecule has 1 heterocycles. The largest absolute Gasteiger partial charge is 0.497 e. The molecule has 4 rings (SSSR count). The lowest BCUT2D eigenvalue weighted by Gasteiger charge is -2.22. The van der Waals surface area contributed by atoms with Crippen molar-refractivity contribution < 1.29 is 9.53 Å². The Morgan fingerprint density at radius 3 is 2.67 bits per heavy atom. The van der Waals surface area contributed by atoms with Gasteiger partial charge in [0.25, 0.3) is 5.91 Å². The number of carbonyl (C=O) groups is 1. The molecule has 1 aliphatic rings. The molecule has 1 aromatic heterocycles. The predicted molar refractivity (Wildman–Crippen MR) is 94.2 cm³/mol. The number of fused-ring (bicyclic) bond motifs is 1. The number of amides is 1. The van der Waals surface area contributed by atoms with Crippen LogP contribution in [0.25, 0.3) is 10.9 Å². The number of hydrogen-bond donors (Lipinski definition) is 1. The van der Waals surface area contributed by atoms with Crippen LogP contribution in [0.2, 0.25) is 0 Å². The highest BCUT2D eigenvalue weighted by Crippen LogP contribution is 2.30. The Bertz CT molecular complexity index is 866. The SMILES string of the molecule is COc1ccc2cc(C(=O)N(Cc3ccccc3)C3CC3)[nH]c2c1. The van der Waals surface area contributed by atoms with Crippen LogP contribution in [0.1, 0.15) is 28.9 Å². The Hall–Kier alpha value is -2.75. The van der Waals surface area contributed by atoms with Gasteiger partial charge >= 0.3 is 0 Å². The second-order valence-corrected chi connectivity index (χ2v) is 6.29. The van der Waals surface area contributed by atoms with Gasteiger partial charge in [0.15, 0.2) is 0 Å². The molecular weight excluding hydrogens is 300 g/mol. The maximum absolute atomic E-state index is 13.0. The number of nitrogens with one attached hydrogen (secondary N) is 1. The molecule has 24 heavy (non-hydrogen) atoms. The molecule has 2 aromatic carbocycles. The molecule has 122 valence electrons. The van der Waals surface area contributed by atoms with Crippen LogP contribution in [0.5, 0.6) is 5.75 Å². The summed E-state index contributed by atoms with van der Waals surface area (Å²) in [7, 11) is 1.64. The lowest BCUT2D eigenvalue weighted by atomic mass is 10.2. The van der Waals surface area contributed by atoms with Gasteiger partial charge in [-0.1, -0.05) is 30.3 Å². The van der Waals surface area contributed by atoms with Crippen LogP contribution in [-0.4, -0.2) is 28.9 Å². The second-order valence-electron chi connectivity index (χ2n) is 6.29. The zero-order chi connectivity index (χ0) is 16.5. The van der Waals surface area contributed by atoms with Crippen molar-refractivity contribution in [1.82, 2.24) is 9.88 Å². The van der Waals surface area contributed by atoms with Crippen LogP contribution >= 0.6 is 0 Å². The van der Waals surface area contributed by atoms with E-state index in [0.717, 1.165) is 35.1 Å². The van der Waals surface area contributed by atoms with Crippen molar-refractivity contribution in [2.75, 3.05) is 7.11 Å². The number of ether oxygens (including phenoxy) is 1. The first kappa shape index (κ1) is 14.8. The van der Waals surface area contributed by atoms with E-state index in [-0.39, 0.29) is 5.91 Å². The number of H-pyrrole nitrogens is 1. The molecular formula is C20H20N2O2. The maximum Gasteiger partial charge on any atom is 0.270 e. The van der Waals surface area contributed by atoms with Crippen LogP contribution in [-0.2, 0) is 6.54 Å². The number of benzene rings is 2. The minimum Gasteiger partial charge on any atom is -0.497 e. The van der Waals surface area contributed by atoms with Crippen molar-refractivity contribution in [2.45, 2.75) is 25.4 Å². The first-order chi connectivity index (χ1) is 11.7. The third-order valence-electron chi connectivity index (χ3n) is 4.50. The van der Waals surface area contributed by atoms with Gasteiger partial charge in [0, 0.05) is 29.6 Å². The van der Waals surface area contributed by atoms with Gasteiger partial charge in [-0.2, -0.15) is 0 Å². The molecule has 0 radical (unpaired) electrons. The normalized spacial score (nSPS) is 13.9. The average Bonchev–Trinajstić information content (AvgIpc) is 3.37. The molecule has 4 nitrogen and oxygen atoms in total. The van der Waals surface area contributed by atoms with Crippen molar-refractivity contribution in [1.29, 1.82) is 0 Å². The quantitative estimate of drug-likeness (QED) is 0.773. The molecule has 4 heteroatoms. The van der Waals surface area contributed by atoms with E-state index in [4.69, 9.17) is 4.74 Å². The number of carbonyl (C=O) groups excluding carboxylic acids is 1. The Balaban J connectivity index is 1.62. The summed E-state index contributed by atoms with van der Waals surface area (Å²) in [6.45, 7) is 0.656. The number of aromatic nitrogens is 1. The van der Waals surface area contributed by atoms with E-state index in [0.29, 0.717) is 18.3 Å². The van der Waals surface area contributed by atoms with Crippen molar-refractivity contribution in [3.8, 4) is 5.75 Å². The molecule has 1 aliphatic carbocycles. The highest BCUT2D eigenvalue weighted by atomic mass is 16.5. The molecule has 0 saturated heterocycles. The van der Waals surface area contributed by atoms with E-state index in [1.807, 2.05) is 47.4 Å². The van der Waals surface area contributed by atoms with Gasteiger partial charge in [-0.05, 0) is 36.6 Å². The fourth-order valence-electron chi connectivity index (χ4n) is 3.04. The summed E-state index contributed by atoms with van der Waals surface area (Å²) in [5, 5.41) is 1.02. The van der Waals surface area contributed by atoms with E-state index in [2.05, 4.69) is 17.1 Å². The first-order valence-corrected chi connectivity index (χ1v) is 8.26. The number of methoxy groups -OCH3 is 1. The molecule has 3 aromatic rings. The summed E-state index contributed by atoms with van der Waals surface area (Å²) < 4.78 is 5.25. The molecule has 1 N–H and O–H groups in total. The van der Waals surface area contributed by atoms with Crippen molar-refractivity contribution in [2.24, 2.45) is 0 Å². The fourth-order valence-corrected chi connectivity index (χ4v) is 3.04. The number of hydrogen-bond acceptors (Lipinski definition) is 2. The summed E-state index contributed by atoms with van der Waals surface area (Å²) in [4.78, 5) is 18.2. The second kappa shape index (κ2) is 6.04.